The summed E-state index contributed by atoms with van der Waals surface area (Å²) in [7, 11) is 1.59. The van der Waals surface area contributed by atoms with Crippen LogP contribution in [0.25, 0.3) is 11.4 Å². The normalized spacial score (nSPS) is 10.6. The van der Waals surface area contributed by atoms with Crippen molar-refractivity contribution in [2.45, 2.75) is 13.5 Å². The smallest absolute Gasteiger partial charge is 0.213 e. The molecule has 0 aliphatic rings. The van der Waals surface area contributed by atoms with Crippen LogP contribution < -0.4 is 4.74 Å². The Morgan fingerprint density at radius 3 is 2.76 bits per heavy atom. The number of benzene rings is 1. The molecule has 3 rings (SSSR count). The van der Waals surface area contributed by atoms with Gasteiger partial charge in [0.25, 0.3) is 0 Å². The molecule has 0 saturated carbocycles. The second-order valence-electron chi connectivity index (χ2n) is 4.63. The molecule has 0 aliphatic heterocycles. The topological polar surface area (TPSA) is 65.7 Å². The van der Waals surface area contributed by atoms with Crippen LogP contribution in [0.4, 0.5) is 0 Å². The third-order valence-corrected chi connectivity index (χ3v) is 3.13. The van der Waals surface area contributed by atoms with Gasteiger partial charge in [-0.25, -0.2) is 4.98 Å². The first-order valence-electron chi connectivity index (χ1n) is 6.60. The van der Waals surface area contributed by atoms with Gasteiger partial charge in [-0.15, -0.1) is 10.2 Å². The highest BCUT2D eigenvalue weighted by atomic mass is 16.5. The van der Waals surface area contributed by atoms with Crippen LogP contribution in [0, 0.1) is 6.92 Å². The summed E-state index contributed by atoms with van der Waals surface area (Å²) in [6, 6.07) is 13.6. The van der Waals surface area contributed by atoms with Gasteiger partial charge in [0.1, 0.15) is 6.54 Å². The SMILES string of the molecule is COc1cccc(Cn2nnc(-c3ccccc3C)n2)n1. The minimum absolute atomic E-state index is 0.454. The lowest BCUT2D eigenvalue weighted by Crippen LogP contribution is -2.06. The van der Waals surface area contributed by atoms with Crippen LogP contribution in [-0.2, 0) is 6.54 Å². The van der Waals surface area contributed by atoms with Crippen LogP contribution in [0.3, 0.4) is 0 Å². The van der Waals surface area contributed by atoms with E-state index in [0.717, 1.165) is 16.8 Å². The molecule has 0 atom stereocenters. The van der Waals surface area contributed by atoms with Crippen molar-refractivity contribution < 1.29 is 4.74 Å². The monoisotopic (exact) mass is 281 g/mol. The Hall–Kier alpha value is -2.76. The van der Waals surface area contributed by atoms with Crippen molar-refractivity contribution in [1.29, 1.82) is 0 Å². The number of tetrazole rings is 1. The molecule has 3 aromatic rings. The summed E-state index contributed by atoms with van der Waals surface area (Å²) < 4.78 is 5.11. The molecule has 0 spiro atoms. The van der Waals surface area contributed by atoms with Crippen LogP contribution in [0.5, 0.6) is 5.88 Å². The molecule has 0 radical (unpaired) electrons. The van der Waals surface area contributed by atoms with E-state index in [1.54, 1.807) is 13.2 Å². The third-order valence-electron chi connectivity index (χ3n) is 3.13. The molecule has 6 heteroatoms. The fraction of sp³-hybridized carbons (Fsp3) is 0.200. The van der Waals surface area contributed by atoms with E-state index in [-0.39, 0.29) is 0 Å². The third kappa shape index (κ3) is 2.89. The molecule has 21 heavy (non-hydrogen) atoms. The lowest BCUT2D eigenvalue weighted by atomic mass is 10.1. The van der Waals surface area contributed by atoms with Crippen LogP contribution in [-0.4, -0.2) is 32.3 Å². The number of methoxy groups -OCH3 is 1. The Morgan fingerprint density at radius 1 is 1.10 bits per heavy atom. The van der Waals surface area contributed by atoms with E-state index in [0.29, 0.717) is 18.2 Å². The zero-order valence-electron chi connectivity index (χ0n) is 11.9. The standard InChI is InChI=1S/C15H15N5O/c1-11-6-3-4-8-13(11)15-17-19-20(18-15)10-12-7-5-9-14(16-12)21-2/h3-9H,10H2,1-2H3. The summed E-state index contributed by atoms with van der Waals surface area (Å²) in [6.07, 6.45) is 0. The van der Waals surface area contributed by atoms with Gasteiger partial charge in [0.2, 0.25) is 11.7 Å². The van der Waals surface area contributed by atoms with Gasteiger partial charge in [-0.3, -0.25) is 0 Å². The van der Waals surface area contributed by atoms with E-state index < -0.39 is 0 Å². The molecule has 0 bridgehead atoms. The minimum atomic E-state index is 0.454. The summed E-state index contributed by atoms with van der Waals surface area (Å²) in [6.45, 7) is 2.48. The van der Waals surface area contributed by atoms with Crippen LogP contribution in [0.1, 0.15) is 11.3 Å². The summed E-state index contributed by atoms with van der Waals surface area (Å²) in [4.78, 5) is 5.87. The molecule has 1 aromatic carbocycles. The van der Waals surface area contributed by atoms with Crippen molar-refractivity contribution in [3.63, 3.8) is 0 Å². The van der Waals surface area contributed by atoms with Crippen LogP contribution >= 0.6 is 0 Å². The Morgan fingerprint density at radius 2 is 1.95 bits per heavy atom. The molecule has 2 heterocycles. The van der Waals surface area contributed by atoms with Crippen molar-refractivity contribution in [3.8, 4) is 17.3 Å². The van der Waals surface area contributed by atoms with Gasteiger partial charge < -0.3 is 4.74 Å². The molecule has 106 valence electrons. The zero-order valence-corrected chi connectivity index (χ0v) is 11.9. The number of aryl methyl sites for hydroxylation is 1. The van der Waals surface area contributed by atoms with Gasteiger partial charge in [0.05, 0.1) is 12.8 Å². The predicted octanol–water partition coefficient (Wildman–Crippen LogP) is 2.10. The molecule has 0 fully saturated rings. The van der Waals surface area contributed by atoms with Gasteiger partial charge in [-0.2, -0.15) is 4.80 Å². The highest BCUT2D eigenvalue weighted by molar-refractivity contribution is 5.58. The van der Waals surface area contributed by atoms with E-state index >= 15 is 0 Å². The molecule has 0 unspecified atom stereocenters. The van der Waals surface area contributed by atoms with Gasteiger partial charge in [-0.1, -0.05) is 30.3 Å². The van der Waals surface area contributed by atoms with E-state index in [9.17, 15) is 0 Å². The second kappa shape index (κ2) is 5.70. The summed E-state index contributed by atoms with van der Waals surface area (Å²) in [5.74, 6) is 1.20. The number of hydrogen-bond acceptors (Lipinski definition) is 5. The minimum Gasteiger partial charge on any atom is -0.481 e. The molecule has 0 N–H and O–H groups in total. The molecular weight excluding hydrogens is 266 g/mol. The molecule has 0 aliphatic carbocycles. The summed E-state index contributed by atoms with van der Waals surface area (Å²) >= 11 is 0. The fourth-order valence-corrected chi connectivity index (χ4v) is 2.05. The Balaban J connectivity index is 1.84. The van der Waals surface area contributed by atoms with Crippen molar-refractivity contribution in [3.05, 3.63) is 53.7 Å². The summed E-state index contributed by atoms with van der Waals surface area (Å²) in [5.41, 5.74) is 2.93. The zero-order chi connectivity index (χ0) is 14.7. The quantitative estimate of drug-likeness (QED) is 0.732. The second-order valence-corrected chi connectivity index (χ2v) is 4.63. The number of rotatable bonds is 4. The molecule has 0 amide bonds. The fourth-order valence-electron chi connectivity index (χ4n) is 2.05. The van der Waals surface area contributed by atoms with Crippen molar-refractivity contribution in [2.75, 3.05) is 7.11 Å². The largest absolute Gasteiger partial charge is 0.481 e. The Kier molecular flexibility index (Phi) is 3.59. The Bertz CT molecular complexity index is 753. The predicted molar refractivity (Wildman–Crippen MR) is 77.9 cm³/mol. The average Bonchev–Trinajstić information content (AvgIpc) is 2.96. The molecule has 6 nitrogen and oxygen atoms in total. The van der Waals surface area contributed by atoms with Gasteiger partial charge in [0, 0.05) is 11.6 Å². The van der Waals surface area contributed by atoms with Gasteiger partial charge in [0.15, 0.2) is 0 Å². The van der Waals surface area contributed by atoms with Crippen molar-refractivity contribution in [2.24, 2.45) is 0 Å². The average molecular weight is 281 g/mol. The number of pyridine rings is 1. The van der Waals surface area contributed by atoms with E-state index in [2.05, 4.69) is 20.4 Å². The van der Waals surface area contributed by atoms with Crippen molar-refractivity contribution >= 4 is 0 Å². The molecular formula is C15H15N5O. The van der Waals surface area contributed by atoms with E-state index in [1.807, 2.05) is 43.3 Å². The highest BCUT2D eigenvalue weighted by Crippen LogP contribution is 2.18. The number of ether oxygens (including phenoxy) is 1. The lowest BCUT2D eigenvalue weighted by Gasteiger charge is -2.02. The number of nitrogens with zero attached hydrogens (tertiary/aromatic N) is 5. The Labute approximate surface area is 122 Å². The van der Waals surface area contributed by atoms with Crippen LogP contribution in [0.2, 0.25) is 0 Å². The first kappa shape index (κ1) is 13.2. The maximum atomic E-state index is 5.11. The first-order valence-corrected chi connectivity index (χ1v) is 6.60. The molecule has 0 saturated heterocycles. The summed E-state index contributed by atoms with van der Waals surface area (Å²) in [5, 5.41) is 12.6. The van der Waals surface area contributed by atoms with Gasteiger partial charge in [-0.05, 0) is 23.8 Å². The highest BCUT2D eigenvalue weighted by Gasteiger charge is 2.09. The molecule has 2 aromatic heterocycles. The van der Waals surface area contributed by atoms with Crippen molar-refractivity contribution in [1.82, 2.24) is 25.2 Å². The maximum Gasteiger partial charge on any atom is 0.213 e. The van der Waals surface area contributed by atoms with E-state index in [1.165, 1.54) is 4.80 Å². The van der Waals surface area contributed by atoms with Crippen LogP contribution in [0.15, 0.2) is 42.5 Å². The first-order chi connectivity index (χ1) is 10.3. The number of aromatic nitrogens is 5. The van der Waals surface area contributed by atoms with E-state index in [4.69, 9.17) is 4.74 Å². The maximum absolute atomic E-state index is 5.11. The van der Waals surface area contributed by atoms with Gasteiger partial charge >= 0.3 is 0 Å². The number of hydrogen-bond donors (Lipinski definition) is 0. The lowest BCUT2D eigenvalue weighted by molar-refractivity contribution is 0.395.